The Bertz CT molecular complexity index is 456. The predicted octanol–water partition coefficient (Wildman–Crippen LogP) is 1.51. The number of anilines is 1. The van der Waals surface area contributed by atoms with Crippen LogP contribution < -0.4 is 5.32 Å². The fourth-order valence-electron chi connectivity index (χ4n) is 1.83. The largest absolute Gasteiger partial charge is 0.326 e. The number of hydrogen-bond donors (Lipinski definition) is 1. The first-order chi connectivity index (χ1) is 8.60. The summed E-state index contributed by atoms with van der Waals surface area (Å²) >= 11 is 0. The molecule has 0 radical (unpaired) electrons. The summed E-state index contributed by atoms with van der Waals surface area (Å²) in [5.41, 5.74) is 1.98. The Morgan fingerprint density at radius 3 is 2.50 bits per heavy atom. The van der Waals surface area contributed by atoms with Gasteiger partial charge in [0.25, 0.3) is 0 Å². The van der Waals surface area contributed by atoms with Gasteiger partial charge in [0.2, 0.25) is 5.91 Å². The number of benzene rings is 1. The Hall–Kier alpha value is -2.04. The second-order valence-corrected chi connectivity index (χ2v) is 4.41. The fourth-order valence-corrected chi connectivity index (χ4v) is 1.83. The average molecular weight is 247 g/mol. The standard InChI is InChI=1S/C13H17N3O2/c1-3-10-4-6-11(7-5-10)14-13(18)16-8-12(17)15(2)9-16/h4-7H,3,8-9H2,1-2H3,(H,14,18). The monoisotopic (exact) mass is 247 g/mol. The lowest BCUT2D eigenvalue weighted by atomic mass is 10.1. The topological polar surface area (TPSA) is 52.7 Å². The second kappa shape index (κ2) is 5.08. The van der Waals surface area contributed by atoms with Crippen LogP contribution in [-0.2, 0) is 11.2 Å². The van der Waals surface area contributed by atoms with Crippen molar-refractivity contribution in [3.63, 3.8) is 0 Å². The molecule has 0 saturated carbocycles. The van der Waals surface area contributed by atoms with E-state index in [1.54, 1.807) is 7.05 Å². The van der Waals surface area contributed by atoms with Crippen LogP contribution in [0.4, 0.5) is 10.5 Å². The first kappa shape index (κ1) is 12.4. The quantitative estimate of drug-likeness (QED) is 0.861. The van der Waals surface area contributed by atoms with Crippen LogP contribution >= 0.6 is 0 Å². The molecule has 0 atom stereocenters. The molecule has 5 nitrogen and oxygen atoms in total. The number of carbonyl (C=O) groups is 2. The zero-order valence-corrected chi connectivity index (χ0v) is 10.6. The van der Waals surface area contributed by atoms with Crippen LogP contribution in [-0.4, -0.2) is 42.0 Å². The Kier molecular flexibility index (Phi) is 3.50. The van der Waals surface area contributed by atoms with E-state index >= 15 is 0 Å². The maximum atomic E-state index is 11.9. The highest BCUT2D eigenvalue weighted by molar-refractivity contribution is 5.94. The third-order valence-electron chi connectivity index (χ3n) is 3.04. The van der Waals surface area contributed by atoms with E-state index < -0.39 is 0 Å². The smallest absolute Gasteiger partial charge is 0.323 e. The number of carbonyl (C=O) groups excluding carboxylic acids is 2. The van der Waals surface area contributed by atoms with E-state index in [0.29, 0.717) is 6.67 Å². The van der Waals surface area contributed by atoms with Crippen molar-refractivity contribution in [2.45, 2.75) is 13.3 Å². The zero-order chi connectivity index (χ0) is 13.1. The highest BCUT2D eigenvalue weighted by Crippen LogP contribution is 2.12. The molecule has 0 spiro atoms. The molecule has 1 saturated heterocycles. The molecule has 18 heavy (non-hydrogen) atoms. The highest BCUT2D eigenvalue weighted by Gasteiger charge is 2.27. The summed E-state index contributed by atoms with van der Waals surface area (Å²) in [6.45, 7) is 2.58. The molecule has 0 aliphatic carbocycles. The van der Waals surface area contributed by atoms with E-state index in [-0.39, 0.29) is 18.5 Å². The number of urea groups is 1. The molecule has 2 rings (SSSR count). The molecule has 1 aliphatic heterocycles. The molecule has 1 aliphatic rings. The lowest BCUT2D eigenvalue weighted by molar-refractivity contribution is -0.125. The fraction of sp³-hybridized carbons (Fsp3) is 0.385. The zero-order valence-electron chi connectivity index (χ0n) is 10.6. The molecule has 1 fully saturated rings. The van der Waals surface area contributed by atoms with Crippen molar-refractivity contribution in [1.82, 2.24) is 9.80 Å². The van der Waals surface area contributed by atoms with Crippen LogP contribution in [0, 0.1) is 0 Å². The minimum absolute atomic E-state index is 0.0357. The van der Waals surface area contributed by atoms with Crippen LogP contribution in [0.15, 0.2) is 24.3 Å². The van der Waals surface area contributed by atoms with Crippen LogP contribution in [0.1, 0.15) is 12.5 Å². The van der Waals surface area contributed by atoms with Crippen molar-refractivity contribution in [2.75, 3.05) is 25.6 Å². The van der Waals surface area contributed by atoms with E-state index in [1.807, 2.05) is 24.3 Å². The Labute approximate surface area is 106 Å². The molecule has 1 heterocycles. The van der Waals surface area contributed by atoms with Gasteiger partial charge in [-0.05, 0) is 24.1 Å². The Balaban J connectivity index is 1.96. The molecule has 5 heteroatoms. The van der Waals surface area contributed by atoms with E-state index in [2.05, 4.69) is 12.2 Å². The number of amides is 3. The molecule has 0 bridgehead atoms. The van der Waals surface area contributed by atoms with Gasteiger partial charge in [0.15, 0.2) is 0 Å². The summed E-state index contributed by atoms with van der Waals surface area (Å²) in [6.07, 6.45) is 0.972. The Morgan fingerprint density at radius 2 is 2.00 bits per heavy atom. The molecule has 0 aromatic heterocycles. The van der Waals surface area contributed by atoms with Gasteiger partial charge >= 0.3 is 6.03 Å². The van der Waals surface area contributed by atoms with E-state index in [9.17, 15) is 9.59 Å². The van der Waals surface area contributed by atoms with Crippen molar-refractivity contribution < 1.29 is 9.59 Å². The van der Waals surface area contributed by atoms with Gasteiger partial charge in [-0.2, -0.15) is 0 Å². The predicted molar refractivity (Wildman–Crippen MR) is 69.2 cm³/mol. The van der Waals surface area contributed by atoms with Crippen molar-refractivity contribution in [1.29, 1.82) is 0 Å². The minimum atomic E-state index is -0.239. The van der Waals surface area contributed by atoms with Crippen LogP contribution in [0.2, 0.25) is 0 Å². The molecular formula is C13H17N3O2. The summed E-state index contributed by atoms with van der Waals surface area (Å²) in [5, 5.41) is 2.78. The van der Waals surface area contributed by atoms with Gasteiger partial charge in [0.05, 0.1) is 6.67 Å². The van der Waals surface area contributed by atoms with Gasteiger partial charge in [-0.1, -0.05) is 19.1 Å². The van der Waals surface area contributed by atoms with Gasteiger partial charge in [0, 0.05) is 12.7 Å². The van der Waals surface area contributed by atoms with Gasteiger partial charge < -0.3 is 10.2 Å². The van der Waals surface area contributed by atoms with Gasteiger partial charge in [0.1, 0.15) is 6.54 Å². The first-order valence-corrected chi connectivity index (χ1v) is 5.99. The SMILES string of the molecule is CCc1ccc(NC(=O)N2CC(=O)N(C)C2)cc1. The van der Waals surface area contributed by atoms with Crippen molar-refractivity contribution in [3.8, 4) is 0 Å². The van der Waals surface area contributed by atoms with Crippen molar-refractivity contribution in [2.24, 2.45) is 0 Å². The minimum Gasteiger partial charge on any atom is -0.326 e. The summed E-state index contributed by atoms with van der Waals surface area (Å²) < 4.78 is 0. The van der Waals surface area contributed by atoms with Crippen LogP contribution in [0.25, 0.3) is 0 Å². The van der Waals surface area contributed by atoms with Crippen molar-refractivity contribution >= 4 is 17.6 Å². The molecule has 3 amide bonds. The summed E-state index contributed by atoms with van der Waals surface area (Å²) in [4.78, 5) is 26.2. The summed E-state index contributed by atoms with van der Waals surface area (Å²) in [6, 6.07) is 7.47. The number of nitrogens with zero attached hydrogens (tertiary/aromatic N) is 2. The lowest BCUT2D eigenvalue weighted by Crippen LogP contribution is -2.34. The lowest BCUT2D eigenvalue weighted by Gasteiger charge is -2.16. The third kappa shape index (κ3) is 2.61. The third-order valence-corrected chi connectivity index (χ3v) is 3.04. The van der Waals surface area contributed by atoms with Crippen LogP contribution in [0.3, 0.4) is 0 Å². The van der Waals surface area contributed by atoms with Crippen LogP contribution in [0.5, 0.6) is 0 Å². The number of rotatable bonds is 2. The molecule has 1 aromatic rings. The molecule has 0 unspecified atom stereocenters. The van der Waals surface area contributed by atoms with E-state index in [1.165, 1.54) is 15.4 Å². The second-order valence-electron chi connectivity index (χ2n) is 4.41. The average Bonchev–Trinajstić information content (AvgIpc) is 2.71. The molecule has 96 valence electrons. The van der Waals surface area contributed by atoms with E-state index in [4.69, 9.17) is 0 Å². The molecular weight excluding hydrogens is 230 g/mol. The van der Waals surface area contributed by atoms with E-state index in [0.717, 1.165) is 12.1 Å². The van der Waals surface area contributed by atoms with Crippen molar-refractivity contribution in [3.05, 3.63) is 29.8 Å². The normalized spacial score (nSPS) is 15.1. The Morgan fingerprint density at radius 1 is 1.33 bits per heavy atom. The number of nitrogens with one attached hydrogen (secondary N) is 1. The maximum absolute atomic E-state index is 11.9. The highest BCUT2D eigenvalue weighted by atomic mass is 16.2. The molecule has 1 aromatic carbocycles. The van der Waals surface area contributed by atoms with Gasteiger partial charge in [-0.3, -0.25) is 9.69 Å². The van der Waals surface area contributed by atoms with Gasteiger partial charge in [-0.15, -0.1) is 0 Å². The summed E-state index contributed by atoms with van der Waals surface area (Å²) in [7, 11) is 1.69. The first-order valence-electron chi connectivity index (χ1n) is 5.99. The summed E-state index contributed by atoms with van der Waals surface area (Å²) in [5.74, 6) is -0.0357. The maximum Gasteiger partial charge on any atom is 0.323 e. The number of aryl methyl sites for hydroxylation is 1. The number of likely N-dealkylation sites (N-methyl/N-ethyl adjacent to an activating group) is 1. The molecule has 1 N–H and O–H groups in total. The van der Waals surface area contributed by atoms with Gasteiger partial charge in [-0.25, -0.2) is 4.79 Å². The number of hydrogen-bond acceptors (Lipinski definition) is 2.